The molecule has 0 bridgehead atoms. The van der Waals surface area contributed by atoms with Gasteiger partial charge in [-0.3, -0.25) is 34.0 Å². The van der Waals surface area contributed by atoms with E-state index in [2.05, 4.69) is 39.2 Å². The normalized spacial score (nSPS) is 15.7. The Balaban J connectivity index is 0.701. The molecule has 0 saturated carbocycles. The molecular weight excluding hydrogens is 722 g/mol. The second kappa shape index (κ2) is 17.8. The number of aryl methyl sites for hydroxylation is 1. The topological polar surface area (TPSA) is 172 Å². The molecule has 1 saturated heterocycles. The number of hydrogen-bond acceptors (Lipinski definition) is 12. The van der Waals surface area contributed by atoms with Crippen molar-refractivity contribution in [1.82, 2.24) is 24.8 Å². The molecule has 0 aliphatic carbocycles. The van der Waals surface area contributed by atoms with Gasteiger partial charge in [0.2, 0.25) is 11.8 Å². The summed E-state index contributed by atoms with van der Waals surface area (Å²) in [7, 11) is 1.35. The molecule has 56 heavy (non-hydrogen) atoms. The van der Waals surface area contributed by atoms with Crippen molar-refractivity contribution in [3.63, 3.8) is 0 Å². The highest BCUT2D eigenvalue weighted by atomic mass is 16.6. The van der Waals surface area contributed by atoms with E-state index in [0.29, 0.717) is 64.5 Å². The Kier molecular flexibility index (Phi) is 12.3. The van der Waals surface area contributed by atoms with Crippen LogP contribution >= 0.6 is 0 Å². The zero-order valence-electron chi connectivity index (χ0n) is 31.3. The molecule has 5 aromatic rings. The third kappa shape index (κ3) is 8.55. The molecule has 2 aromatic carbocycles. The maximum atomic E-state index is 13.1. The van der Waals surface area contributed by atoms with E-state index in [4.69, 9.17) is 28.4 Å². The van der Waals surface area contributed by atoms with Gasteiger partial charge in [0.1, 0.15) is 25.0 Å². The van der Waals surface area contributed by atoms with E-state index in [9.17, 15) is 19.2 Å². The summed E-state index contributed by atoms with van der Waals surface area (Å²) in [5.74, 6) is -1.05. The number of benzene rings is 2. The van der Waals surface area contributed by atoms with Crippen molar-refractivity contribution in [3.8, 4) is 22.8 Å². The fourth-order valence-corrected chi connectivity index (χ4v) is 6.72. The lowest BCUT2D eigenvalue weighted by molar-refractivity contribution is -0.149. The molecule has 1 fully saturated rings. The molecule has 15 nitrogen and oxygen atoms in total. The van der Waals surface area contributed by atoms with Crippen molar-refractivity contribution in [3.05, 3.63) is 83.8 Å². The third-order valence-corrected chi connectivity index (χ3v) is 9.67. The molecule has 4 amide bonds. The minimum Gasteiger partial charge on any atom is -0.491 e. The number of likely N-dealkylation sites (N-methyl/N-ethyl adjacent to an activating group) is 1. The molecule has 1 unspecified atom stereocenters. The molecule has 1 atom stereocenters. The Morgan fingerprint density at radius 2 is 1.38 bits per heavy atom. The van der Waals surface area contributed by atoms with E-state index in [1.54, 1.807) is 12.3 Å². The number of piperidine rings is 1. The number of amides is 4. The molecular formula is C41H43N5O10. The second-order valence-electron chi connectivity index (χ2n) is 13.3. The molecule has 3 aromatic heterocycles. The number of hydrogen-bond donors (Lipinski definition) is 1. The zero-order chi connectivity index (χ0) is 39.0. The monoisotopic (exact) mass is 765 g/mol. The van der Waals surface area contributed by atoms with Gasteiger partial charge in [0.05, 0.1) is 64.0 Å². The van der Waals surface area contributed by atoms with E-state index in [1.165, 1.54) is 19.2 Å². The fourth-order valence-electron chi connectivity index (χ4n) is 6.72. The first-order valence-electron chi connectivity index (χ1n) is 18.5. The standard InChI is InChI=1S/C41H43N5O10/c1-26-21-28(27-3-5-30-33-25-42-10-9-34(33)44-35(30)22-27)24-43-38(26)56-20-18-54-16-14-52-12-11-51-13-15-53-17-19-55-29-4-6-31-32(23-29)40(49)46(39(31)48)36-7-8-37(47)45(2)41(36)50/h3-6,9-10,21-25,36,44H,7-8,11-20H2,1-2H3. The molecule has 15 heteroatoms. The lowest BCUT2D eigenvalue weighted by Gasteiger charge is -2.32. The smallest absolute Gasteiger partial charge is 0.262 e. The molecule has 0 radical (unpaired) electrons. The van der Waals surface area contributed by atoms with Crippen LogP contribution in [0.1, 0.15) is 39.1 Å². The summed E-state index contributed by atoms with van der Waals surface area (Å²) >= 11 is 0. The number of ether oxygens (including phenoxy) is 6. The lowest BCUT2D eigenvalue weighted by Crippen LogP contribution is -2.54. The predicted molar refractivity (Wildman–Crippen MR) is 204 cm³/mol. The largest absolute Gasteiger partial charge is 0.491 e. The molecule has 5 heterocycles. The number of fused-ring (bicyclic) bond motifs is 4. The Labute approximate surface area is 322 Å². The Hall–Kier alpha value is -5.74. The zero-order valence-corrected chi connectivity index (χ0v) is 31.3. The predicted octanol–water partition coefficient (Wildman–Crippen LogP) is 4.35. The highest BCUT2D eigenvalue weighted by molar-refractivity contribution is 6.23. The van der Waals surface area contributed by atoms with Crippen LogP contribution in [0.25, 0.3) is 32.9 Å². The van der Waals surface area contributed by atoms with E-state index in [0.717, 1.165) is 48.3 Å². The number of carbonyl (C=O) groups excluding carboxylic acids is 4. The molecule has 2 aliphatic heterocycles. The lowest BCUT2D eigenvalue weighted by atomic mass is 10.0. The van der Waals surface area contributed by atoms with E-state index in [1.807, 2.05) is 25.4 Å². The maximum absolute atomic E-state index is 13.1. The second-order valence-corrected chi connectivity index (χ2v) is 13.3. The highest BCUT2D eigenvalue weighted by Gasteiger charge is 2.46. The summed E-state index contributed by atoms with van der Waals surface area (Å²) in [6.45, 7) is 5.70. The van der Waals surface area contributed by atoms with Crippen LogP contribution in [0, 0.1) is 6.92 Å². The summed E-state index contributed by atoms with van der Waals surface area (Å²) in [6.07, 6.45) is 5.68. The van der Waals surface area contributed by atoms with Crippen LogP contribution in [0.5, 0.6) is 11.6 Å². The minimum absolute atomic E-state index is 0.0857. The number of imide groups is 2. The van der Waals surface area contributed by atoms with Gasteiger partial charge in [0.15, 0.2) is 0 Å². The average molecular weight is 766 g/mol. The van der Waals surface area contributed by atoms with E-state index < -0.39 is 23.8 Å². The summed E-state index contributed by atoms with van der Waals surface area (Å²) in [5, 5.41) is 2.24. The highest BCUT2D eigenvalue weighted by Crippen LogP contribution is 2.32. The number of aromatic nitrogens is 3. The van der Waals surface area contributed by atoms with Gasteiger partial charge in [-0.25, -0.2) is 4.98 Å². The summed E-state index contributed by atoms with van der Waals surface area (Å²) in [6, 6.07) is 14.0. The number of H-pyrrole nitrogens is 1. The molecule has 1 N–H and O–H groups in total. The number of rotatable bonds is 19. The molecule has 2 aliphatic rings. The summed E-state index contributed by atoms with van der Waals surface area (Å²) < 4.78 is 33.8. The van der Waals surface area contributed by atoms with E-state index in [-0.39, 0.29) is 43.1 Å². The van der Waals surface area contributed by atoms with Gasteiger partial charge >= 0.3 is 0 Å². The van der Waals surface area contributed by atoms with Crippen LogP contribution in [-0.2, 0) is 28.5 Å². The third-order valence-electron chi connectivity index (χ3n) is 9.67. The minimum atomic E-state index is -1.00. The van der Waals surface area contributed by atoms with Gasteiger partial charge in [-0.15, -0.1) is 0 Å². The number of nitrogens with zero attached hydrogens (tertiary/aromatic N) is 4. The molecule has 0 spiro atoms. The van der Waals surface area contributed by atoms with Gasteiger partial charge in [-0.05, 0) is 55.3 Å². The van der Waals surface area contributed by atoms with E-state index >= 15 is 0 Å². The van der Waals surface area contributed by atoms with Crippen LogP contribution < -0.4 is 9.47 Å². The van der Waals surface area contributed by atoms with Crippen molar-refractivity contribution in [2.75, 3.05) is 73.1 Å². The molecule has 292 valence electrons. The van der Waals surface area contributed by atoms with Crippen molar-refractivity contribution >= 4 is 45.4 Å². The average Bonchev–Trinajstić information content (AvgIpc) is 3.70. The van der Waals surface area contributed by atoms with Crippen LogP contribution in [0.4, 0.5) is 0 Å². The van der Waals surface area contributed by atoms with Crippen LogP contribution in [0.3, 0.4) is 0 Å². The van der Waals surface area contributed by atoms with Gasteiger partial charge in [0.25, 0.3) is 17.7 Å². The van der Waals surface area contributed by atoms with Crippen molar-refractivity contribution in [2.45, 2.75) is 25.8 Å². The van der Waals surface area contributed by atoms with Crippen molar-refractivity contribution < 1.29 is 47.6 Å². The Morgan fingerprint density at radius 1 is 0.696 bits per heavy atom. The summed E-state index contributed by atoms with van der Waals surface area (Å²) in [5.41, 5.74) is 5.50. The number of nitrogens with one attached hydrogen (secondary N) is 1. The fraction of sp³-hybridized carbons (Fsp3) is 0.366. The van der Waals surface area contributed by atoms with Crippen LogP contribution in [-0.4, -0.2) is 128 Å². The first-order chi connectivity index (χ1) is 27.3. The Morgan fingerprint density at radius 3 is 2.09 bits per heavy atom. The van der Waals surface area contributed by atoms with Crippen LogP contribution in [0.15, 0.2) is 67.1 Å². The van der Waals surface area contributed by atoms with Gasteiger partial charge in [0, 0.05) is 65.0 Å². The maximum Gasteiger partial charge on any atom is 0.262 e. The first kappa shape index (κ1) is 38.5. The van der Waals surface area contributed by atoms with Gasteiger partial charge in [-0.1, -0.05) is 12.1 Å². The van der Waals surface area contributed by atoms with Crippen molar-refractivity contribution in [2.24, 2.45) is 0 Å². The quantitative estimate of drug-likeness (QED) is 0.0933. The van der Waals surface area contributed by atoms with Gasteiger partial charge in [-0.2, -0.15) is 0 Å². The van der Waals surface area contributed by atoms with Crippen molar-refractivity contribution in [1.29, 1.82) is 0 Å². The molecule has 7 rings (SSSR count). The first-order valence-corrected chi connectivity index (χ1v) is 18.5. The number of carbonyl (C=O) groups is 4. The summed E-state index contributed by atoms with van der Waals surface area (Å²) in [4.78, 5) is 64.6. The SMILES string of the molecule is Cc1cc(-c2ccc3c(c2)[nH]c2ccncc23)cnc1OCCOCCOCCOCCOCCOc1ccc2c(c1)C(=O)N(C1CCC(=O)N(C)C1=O)C2=O. The number of likely N-dealkylation sites (tertiary alicyclic amines) is 1. The van der Waals surface area contributed by atoms with Crippen LogP contribution in [0.2, 0.25) is 0 Å². The number of pyridine rings is 2. The Bertz CT molecular complexity index is 2240. The van der Waals surface area contributed by atoms with Gasteiger partial charge < -0.3 is 33.4 Å². The number of aromatic amines is 1.